The average molecular weight is 252 g/mol. The molecule has 86 valence electrons. The number of aromatic nitrogens is 4. The van der Waals surface area contributed by atoms with Gasteiger partial charge in [0.25, 0.3) is 5.78 Å². The van der Waals surface area contributed by atoms with Gasteiger partial charge in [-0.3, -0.25) is 0 Å². The molecule has 0 fully saturated rings. The zero-order valence-electron chi connectivity index (χ0n) is 7.66. The second-order valence-corrected chi connectivity index (χ2v) is 3.29. The molecule has 0 aliphatic carbocycles. The smallest absolute Gasteiger partial charge is 0.361 e. The number of hydrogen-bond donors (Lipinski definition) is 1. The summed E-state index contributed by atoms with van der Waals surface area (Å²) in [7, 11) is 0. The minimum atomic E-state index is -4.32. The van der Waals surface area contributed by atoms with Crippen molar-refractivity contribution in [2.45, 2.75) is 6.18 Å². The van der Waals surface area contributed by atoms with Crippen molar-refractivity contribution >= 4 is 23.2 Å². The Bertz CT molecular complexity index is 508. The molecular weight excluding hydrogens is 247 g/mol. The second-order valence-electron chi connectivity index (χ2n) is 2.90. The monoisotopic (exact) mass is 251 g/mol. The van der Waals surface area contributed by atoms with Crippen molar-refractivity contribution in [3.8, 4) is 0 Å². The van der Waals surface area contributed by atoms with Gasteiger partial charge >= 0.3 is 6.18 Å². The van der Waals surface area contributed by atoms with E-state index in [1.807, 2.05) is 0 Å². The molecule has 5 nitrogen and oxygen atoms in total. The Kier molecular flexibility index (Phi) is 2.58. The van der Waals surface area contributed by atoms with E-state index in [1.54, 1.807) is 0 Å². The first-order valence-corrected chi connectivity index (χ1v) is 4.50. The Morgan fingerprint density at radius 2 is 2.19 bits per heavy atom. The van der Waals surface area contributed by atoms with Gasteiger partial charge in [-0.25, -0.2) is 0 Å². The summed E-state index contributed by atoms with van der Waals surface area (Å²) < 4.78 is 37.2. The molecule has 0 aliphatic rings. The lowest BCUT2D eigenvalue weighted by atomic mass is 10.5. The van der Waals surface area contributed by atoms with E-state index in [4.69, 9.17) is 11.6 Å². The van der Waals surface area contributed by atoms with Gasteiger partial charge in [-0.05, 0) is 0 Å². The summed E-state index contributed by atoms with van der Waals surface area (Å²) in [6.07, 6.45) is -3.14. The van der Waals surface area contributed by atoms with E-state index in [1.165, 1.54) is 12.4 Å². The van der Waals surface area contributed by atoms with E-state index in [0.717, 1.165) is 4.52 Å². The van der Waals surface area contributed by atoms with E-state index in [2.05, 4.69) is 20.4 Å². The highest BCUT2D eigenvalue weighted by atomic mass is 35.5. The van der Waals surface area contributed by atoms with Crippen LogP contribution >= 0.6 is 11.6 Å². The molecule has 0 atom stereocenters. The molecule has 16 heavy (non-hydrogen) atoms. The van der Waals surface area contributed by atoms with Crippen LogP contribution < -0.4 is 5.32 Å². The van der Waals surface area contributed by atoms with Crippen LogP contribution in [-0.4, -0.2) is 32.3 Å². The van der Waals surface area contributed by atoms with Gasteiger partial charge < -0.3 is 5.32 Å². The third-order valence-electron chi connectivity index (χ3n) is 1.69. The highest BCUT2D eigenvalue weighted by Gasteiger charge is 2.27. The highest BCUT2D eigenvalue weighted by Crippen LogP contribution is 2.18. The number of anilines is 1. The lowest BCUT2D eigenvalue weighted by Crippen LogP contribution is -2.22. The Morgan fingerprint density at radius 1 is 1.44 bits per heavy atom. The quantitative estimate of drug-likeness (QED) is 0.827. The van der Waals surface area contributed by atoms with E-state index in [9.17, 15) is 13.2 Å². The Hall–Kier alpha value is -1.57. The number of nitrogens with zero attached hydrogens (tertiary/aromatic N) is 4. The maximum atomic E-state index is 12.0. The topological polar surface area (TPSA) is 55.1 Å². The molecule has 0 saturated carbocycles. The molecule has 0 radical (unpaired) electrons. The standard InChI is InChI=1S/C7H5ClF3N5/c8-4-1-5(12-2-7(9,10)11)16-6(15-4)13-3-14-16/h1,3,12H,2H2. The van der Waals surface area contributed by atoms with Gasteiger partial charge in [-0.2, -0.15) is 32.8 Å². The SMILES string of the molecule is FC(F)(F)CNc1cc(Cl)nc2ncnn12. The van der Waals surface area contributed by atoms with Gasteiger partial charge in [-0.1, -0.05) is 11.6 Å². The van der Waals surface area contributed by atoms with E-state index in [-0.39, 0.29) is 16.7 Å². The van der Waals surface area contributed by atoms with Crippen LogP contribution in [-0.2, 0) is 0 Å². The zero-order chi connectivity index (χ0) is 11.8. The van der Waals surface area contributed by atoms with E-state index < -0.39 is 12.7 Å². The lowest BCUT2D eigenvalue weighted by molar-refractivity contribution is -0.115. The number of halogens is 4. The summed E-state index contributed by atoms with van der Waals surface area (Å²) >= 11 is 5.62. The number of rotatable bonds is 2. The Morgan fingerprint density at radius 3 is 2.88 bits per heavy atom. The summed E-state index contributed by atoms with van der Waals surface area (Å²) in [5.41, 5.74) is 0. The van der Waals surface area contributed by atoms with Gasteiger partial charge in [0, 0.05) is 6.07 Å². The third kappa shape index (κ3) is 2.32. The summed E-state index contributed by atoms with van der Waals surface area (Å²) in [6.45, 7) is -1.18. The fraction of sp³-hybridized carbons (Fsp3) is 0.286. The maximum Gasteiger partial charge on any atom is 0.405 e. The number of hydrogen-bond acceptors (Lipinski definition) is 4. The largest absolute Gasteiger partial charge is 0.405 e. The molecule has 9 heteroatoms. The van der Waals surface area contributed by atoms with Gasteiger partial charge in [-0.15, -0.1) is 0 Å². The van der Waals surface area contributed by atoms with Crippen LogP contribution in [0.15, 0.2) is 12.4 Å². The normalized spacial score (nSPS) is 12.0. The van der Waals surface area contributed by atoms with Crippen molar-refractivity contribution < 1.29 is 13.2 Å². The average Bonchev–Trinajstić information content (AvgIpc) is 2.60. The molecule has 0 spiro atoms. The fourth-order valence-corrected chi connectivity index (χ4v) is 1.28. The van der Waals surface area contributed by atoms with E-state index >= 15 is 0 Å². The predicted octanol–water partition coefficient (Wildman–Crippen LogP) is 1.75. The number of alkyl halides is 3. The summed E-state index contributed by atoms with van der Waals surface area (Å²) in [6, 6.07) is 1.25. The van der Waals surface area contributed by atoms with E-state index in [0.29, 0.717) is 0 Å². The summed E-state index contributed by atoms with van der Waals surface area (Å²) in [4.78, 5) is 7.49. The molecule has 0 aromatic carbocycles. The molecule has 2 heterocycles. The van der Waals surface area contributed by atoms with Crippen LogP contribution in [0.3, 0.4) is 0 Å². The van der Waals surface area contributed by atoms with Gasteiger partial charge in [0.1, 0.15) is 23.8 Å². The van der Waals surface area contributed by atoms with Gasteiger partial charge in [0.15, 0.2) is 0 Å². The lowest BCUT2D eigenvalue weighted by Gasteiger charge is -2.10. The minimum absolute atomic E-state index is 0.0465. The highest BCUT2D eigenvalue weighted by molar-refractivity contribution is 6.29. The Labute approximate surface area is 92.3 Å². The predicted molar refractivity (Wildman–Crippen MR) is 50.3 cm³/mol. The first kappa shape index (κ1) is 10.9. The molecule has 2 aromatic heterocycles. The second kappa shape index (κ2) is 3.78. The first-order chi connectivity index (χ1) is 7.46. The van der Waals surface area contributed by atoms with Crippen molar-refractivity contribution in [1.82, 2.24) is 19.6 Å². The van der Waals surface area contributed by atoms with Crippen molar-refractivity contribution in [3.63, 3.8) is 0 Å². The van der Waals surface area contributed by atoms with Crippen LogP contribution in [0.5, 0.6) is 0 Å². The summed E-state index contributed by atoms with van der Waals surface area (Å²) in [5.74, 6) is 0.224. The van der Waals surface area contributed by atoms with Gasteiger partial charge in [0.2, 0.25) is 0 Å². The van der Waals surface area contributed by atoms with Gasteiger partial charge in [0.05, 0.1) is 0 Å². The number of nitrogens with one attached hydrogen (secondary N) is 1. The van der Waals surface area contributed by atoms with Crippen LogP contribution in [0.1, 0.15) is 0 Å². The van der Waals surface area contributed by atoms with Crippen LogP contribution in [0, 0.1) is 0 Å². The molecule has 0 saturated heterocycles. The van der Waals surface area contributed by atoms with Crippen molar-refractivity contribution in [1.29, 1.82) is 0 Å². The number of fused-ring (bicyclic) bond motifs is 1. The van der Waals surface area contributed by atoms with Crippen molar-refractivity contribution in [2.24, 2.45) is 0 Å². The molecule has 0 aliphatic heterocycles. The van der Waals surface area contributed by atoms with Crippen LogP contribution in [0.2, 0.25) is 5.15 Å². The van der Waals surface area contributed by atoms with Crippen molar-refractivity contribution in [3.05, 3.63) is 17.5 Å². The summed E-state index contributed by atoms with van der Waals surface area (Å²) in [5, 5.41) is 5.93. The first-order valence-electron chi connectivity index (χ1n) is 4.12. The molecule has 2 aromatic rings. The molecule has 1 N–H and O–H groups in total. The fourth-order valence-electron chi connectivity index (χ4n) is 1.10. The molecular formula is C7H5ClF3N5. The molecule has 0 bridgehead atoms. The Balaban J connectivity index is 2.32. The maximum absolute atomic E-state index is 12.0. The zero-order valence-corrected chi connectivity index (χ0v) is 8.42. The van der Waals surface area contributed by atoms with Crippen molar-refractivity contribution in [2.75, 3.05) is 11.9 Å². The van der Waals surface area contributed by atoms with Crippen LogP contribution in [0.25, 0.3) is 5.78 Å². The molecule has 2 rings (SSSR count). The molecule has 0 amide bonds. The third-order valence-corrected chi connectivity index (χ3v) is 1.88. The van der Waals surface area contributed by atoms with Crippen LogP contribution in [0.4, 0.5) is 19.0 Å². The molecule has 0 unspecified atom stereocenters. The minimum Gasteiger partial charge on any atom is -0.361 e.